The third-order valence-electron chi connectivity index (χ3n) is 6.12. The summed E-state index contributed by atoms with van der Waals surface area (Å²) in [5, 5.41) is 7.60. The number of methoxy groups -OCH3 is 1. The van der Waals surface area contributed by atoms with E-state index < -0.39 is 0 Å². The number of carbonyl (C=O) groups is 1. The lowest BCUT2D eigenvalue weighted by Gasteiger charge is -2.35. The molecule has 4 rings (SSSR count). The van der Waals surface area contributed by atoms with Crippen LogP contribution >= 0.6 is 0 Å². The van der Waals surface area contributed by atoms with Gasteiger partial charge in [0.2, 0.25) is 5.91 Å². The minimum atomic E-state index is 0.0642. The van der Waals surface area contributed by atoms with Crippen molar-refractivity contribution in [1.82, 2.24) is 20.0 Å². The summed E-state index contributed by atoms with van der Waals surface area (Å²) in [6.45, 7) is 2.69. The molecule has 1 fully saturated rings. The molecule has 2 aromatic carbocycles. The Morgan fingerprint density at radius 3 is 2.59 bits per heavy atom. The van der Waals surface area contributed by atoms with E-state index in [9.17, 15) is 4.79 Å². The number of ether oxygens (including phenoxy) is 1. The number of carbonyl (C=O) groups excluding carboxylic acids is 1. The summed E-state index contributed by atoms with van der Waals surface area (Å²) >= 11 is 0. The fourth-order valence-electron chi connectivity index (χ4n) is 4.38. The molecule has 32 heavy (non-hydrogen) atoms. The van der Waals surface area contributed by atoms with Gasteiger partial charge in [0.25, 0.3) is 0 Å². The number of hydrogen-bond donors (Lipinski definition) is 1. The Morgan fingerprint density at radius 1 is 1.06 bits per heavy atom. The molecule has 0 aliphatic carbocycles. The Kier molecular flexibility index (Phi) is 7.56. The third kappa shape index (κ3) is 5.56. The van der Waals surface area contributed by atoms with Gasteiger partial charge in [0, 0.05) is 24.7 Å². The number of amides is 1. The molecule has 168 valence electrons. The van der Waals surface area contributed by atoms with Gasteiger partial charge in [-0.05, 0) is 56.1 Å². The molecule has 1 aliphatic rings. The number of likely N-dealkylation sites (tertiary alicyclic amines) is 1. The van der Waals surface area contributed by atoms with Crippen LogP contribution in [0.15, 0.2) is 67.0 Å². The molecule has 6 nitrogen and oxygen atoms in total. The van der Waals surface area contributed by atoms with Crippen LogP contribution in [0.1, 0.15) is 42.9 Å². The fourth-order valence-corrected chi connectivity index (χ4v) is 4.38. The first-order chi connectivity index (χ1) is 15.7. The number of piperidine rings is 1. The van der Waals surface area contributed by atoms with E-state index in [1.807, 2.05) is 65.6 Å². The van der Waals surface area contributed by atoms with Gasteiger partial charge < -0.3 is 10.1 Å². The number of para-hydroxylation sites is 2. The standard InChI is InChI=1S/C26H32N4O2/c1-32-25-13-7-6-12-23(25)24(29-16-8-3-9-17-29)19-27-26(31)15-14-21-18-28-30(20-21)22-10-4-2-5-11-22/h2,4-7,10-13,18,20,24H,3,8-9,14-17,19H2,1H3,(H,27,31). The molecular weight excluding hydrogens is 400 g/mol. The van der Waals surface area contributed by atoms with Gasteiger partial charge in [0.15, 0.2) is 0 Å². The molecule has 1 amide bonds. The summed E-state index contributed by atoms with van der Waals surface area (Å²) in [4.78, 5) is 15.2. The summed E-state index contributed by atoms with van der Waals surface area (Å²) in [5.41, 5.74) is 3.21. The van der Waals surface area contributed by atoms with Gasteiger partial charge in [0.05, 0.1) is 25.0 Å². The number of benzene rings is 2. The highest BCUT2D eigenvalue weighted by atomic mass is 16.5. The van der Waals surface area contributed by atoms with E-state index in [1.165, 1.54) is 19.3 Å². The van der Waals surface area contributed by atoms with Crippen molar-refractivity contribution < 1.29 is 9.53 Å². The second-order valence-corrected chi connectivity index (χ2v) is 8.29. The molecule has 3 aromatic rings. The summed E-state index contributed by atoms with van der Waals surface area (Å²) in [6.07, 6.45) is 8.62. The predicted molar refractivity (Wildman–Crippen MR) is 126 cm³/mol. The fraction of sp³-hybridized carbons (Fsp3) is 0.385. The van der Waals surface area contributed by atoms with Crippen LogP contribution in [-0.4, -0.2) is 47.3 Å². The van der Waals surface area contributed by atoms with Crippen LogP contribution in [-0.2, 0) is 11.2 Å². The highest BCUT2D eigenvalue weighted by Gasteiger charge is 2.25. The Hall–Kier alpha value is -3.12. The molecule has 1 saturated heterocycles. The summed E-state index contributed by atoms with van der Waals surface area (Å²) in [5.74, 6) is 0.944. The van der Waals surface area contributed by atoms with Crippen molar-refractivity contribution in [3.8, 4) is 11.4 Å². The molecule has 0 radical (unpaired) electrons. The maximum Gasteiger partial charge on any atom is 0.220 e. The van der Waals surface area contributed by atoms with Crippen molar-refractivity contribution in [3.05, 3.63) is 78.1 Å². The third-order valence-corrected chi connectivity index (χ3v) is 6.12. The largest absolute Gasteiger partial charge is 0.496 e. The van der Waals surface area contributed by atoms with Gasteiger partial charge >= 0.3 is 0 Å². The van der Waals surface area contributed by atoms with E-state index in [-0.39, 0.29) is 11.9 Å². The number of nitrogens with one attached hydrogen (secondary N) is 1. The average molecular weight is 433 g/mol. The molecule has 6 heteroatoms. The predicted octanol–water partition coefficient (Wildman–Crippen LogP) is 4.16. The van der Waals surface area contributed by atoms with Gasteiger partial charge in [-0.2, -0.15) is 5.10 Å². The second kappa shape index (κ2) is 11.0. The molecule has 1 atom stereocenters. The normalized spacial score (nSPS) is 15.3. The highest BCUT2D eigenvalue weighted by molar-refractivity contribution is 5.76. The van der Waals surface area contributed by atoms with Crippen molar-refractivity contribution in [1.29, 1.82) is 0 Å². The molecule has 0 spiro atoms. The van der Waals surface area contributed by atoms with Crippen LogP contribution in [0.3, 0.4) is 0 Å². The van der Waals surface area contributed by atoms with E-state index in [4.69, 9.17) is 4.74 Å². The molecular formula is C26H32N4O2. The number of nitrogens with zero attached hydrogens (tertiary/aromatic N) is 3. The zero-order valence-electron chi connectivity index (χ0n) is 18.7. The number of aryl methyl sites for hydroxylation is 1. The minimum Gasteiger partial charge on any atom is -0.496 e. The lowest BCUT2D eigenvalue weighted by atomic mass is 10.0. The van der Waals surface area contributed by atoms with E-state index >= 15 is 0 Å². The van der Waals surface area contributed by atoms with Crippen LogP contribution in [0.2, 0.25) is 0 Å². The second-order valence-electron chi connectivity index (χ2n) is 8.29. The lowest BCUT2D eigenvalue weighted by Crippen LogP contribution is -2.40. The van der Waals surface area contributed by atoms with Crippen molar-refractivity contribution >= 4 is 5.91 Å². The highest BCUT2D eigenvalue weighted by Crippen LogP contribution is 2.30. The Labute approximate surface area is 190 Å². The van der Waals surface area contributed by atoms with Crippen LogP contribution in [0.5, 0.6) is 5.75 Å². The van der Waals surface area contributed by atoms with E-state index in [0.717, 1.165) is 35.7 Å². The van der Waals surface area contributed by atoms with E-state index in [0.29, 0.717) is 19.4 Å². The average Bonchev–Trinajstić information content (AvgIpc) is 3.33. The van der Waals surface area contributed by atoms with Crippen molar-refractivity contribution in [2.45, 2.75) is 38.1 Å². The zero-order chi connectivity index (χ0) is 22.2. The molecule has 1 N–H and O–H groups in total. The smallest absolute Gasteiger partial charge is 0.220 e. The summed E-state index contributed by atoms with van der Waals surface area (Å²) < 4.78 is 7.47. The number of rotatable bonds is 9. The Bertz CT molecular complexity index is 996. The Balaban J connectivity index is 1.35. The summed E-state index contributed by atoms with van der Waals surface area (Å²) in [7, 11) is 1.71. The number of aromatic nitrogens is 2. The SMILES string of the molecule is COc1ccccc1C(CNC(=O)CCc1cnn(-c2ccccc2)c1)N1CCCCC1. The van der Waals surface area contributed by atoms with Gasteiger partial charge in [-0.1, -0.05) is 42.8 Å². The first-order valence-electron chi connectivity index (χ1n) is 11.5. The van der Waals surface area contributed by atoms with Gasteiger partial charge in [0.1, 0.15) is 5.75 Å². The van der Waals surface area contributed by atoms with Gasteiger partial charge in [-0.25, -0.2) is 4.68 Å². The molecule has 1 aromatic heterocycles. The molecule has 1 unspecified atom stereocenters. The topological polar surface area (TPSA) is 59.4 Å². The van der Waals surface area contributed by atoms with Crippen LogP contribution in [0, 0.1) is 0 Å². The van der Waals surface area contributed by atoms with Crippen LogP contribution in [0.4, 0.5) is 0 Å². The lowest BCUT2D eigenvalue weighted by molar-refractivity contribution is -0.121. The summed E-state index contributed by atoms with van der Waals surface area (Å²) in [6, 6.07) is 18.3. The van der Waals surface area contributed by atoms with Gasteiger partial charge in [-0.3, -0.25) is 9.69 Å². The first-order valence-corrected chi connectivity index (χ1v) is 11.5. The van der Waals surface area contributed by atoms with Gasteiger partial charge in [-0.15, -0.1) is 0 Å². The van der Waals surface area contributed by atoms with Crippen molar-refractivity contribution in [2.24, 2.45) is 0 Å². The van der Waals surface area contributed by atoms with Crippen LogP contribution < -0.4 is 10.1 Å². The van der Waals surface area contributed by atoms with Crippen LogP contribution in [0.25, 0.3) is 5.69 Å². The first kappa shape index (κ1) is 22.1. The maximum absolute atomic E-state index is 12.7. The monoisotopic (exact) mass is 432 g/mol. The Morgan fingerprint density at radius 2 is 1.81 bits per heavy atom. The molecule has 0 bridgehead atoms. The zero-order valence-corrected chi connectivity index (χ0v) is 18.7. The number of hydrogen-bond acceptors (Lipinski definition) is 4. The molecule has 0 saturated carbocycles. The van der Waals surface area contributed by atoms with E-state index in [1.54, 1.807) is 7.11 Å². The maximum atomic E-state index is 12.7. The molecule has 2 heterocycles. The van der Waals surface area contributed by atoms with Crippen molar-refractivity contribution in [3.63, 3.8) is 0 Å². The molecule has 1 aliphatic heterocycles. The minimum absolute atomic E-state index is 0.0642. The van der Waals surface area contributed by atoms with Crippen molar-refractivity contribution in [2.75, 3.05) is 26.7 Å². The van der Waals surface area contributed by atoms with E-state index in [2.05, 4.69) is 21.4 Å². The quantitative estimate of drug-likeness (QED) is 0.552.